The zero-order valence-electron chi connectivity index (χ0n) is 11.7. The topological polar surface area (TPSA) is 54.2 Å². The molecule has 2 heterocycles. The minimum absolute atomic E-state index is 0.508. The van der Waals surface area contributed by atoms with Crippen molar-refractivity contribution < 1.29 is 4.52 Å². The van der Waals surface area contributed by atoms with Crippen molar-refractivity contribution in [2.75, 3.05) is 19.6 Å². The molecule has 5 heteroatoms. The molecule has 0 radical (unpaired) electrons. The standard InChI is InChI=1S/C15H20N4O/c1-12-10-16-7-8-19(12)11-15-17-14(18-20-15)9-13-5-3-2-4-6-13/h2-6,12,16H,7-11H2,1H3. The second kappa shape index (κ2) is 6.15. The molecule has 1 aromatic carbocycles. The minimum Gasteiger partial charge on any atom is -0.338 e. The van der Waals surface area contributed by atoms with Crippen LogP contribution in [-0.4, -0.2) is 40.7 Å². The van der Waals surface area contributed by atoms with Crippen LogP contribution in [0.15, 0.2) is 34.9 Å². The van der Waals surface area contributed by atoms with Crippen molar-refractivity contribution in [1.82, 2.24) is 20.4 Å². The summed E-state index contributed by atoms with van der Waals surface area (Å²) in [5.41, 5.74) is 1.20. The fourth-order valence-corrected chi connectivity index (χ4v) is 2.50. The van der Waals surface area contributed by atoms with E-state index in [2.05, 4.69) is 39.4 Å². The van der Waals surface area contributed by atoms with E-state index in [1.807, 2.05) is 18.2 Å². The van der Waals surface area contributed by atoms with Crippen LogP contribution in [0, 0.1) is 0 Å². The van der Waals surface area contributed by atoms with Gasteiger partial charge >= 0.3 is 0 Å². The average Bonchev–Trinajstić information content (AvgIpc) is 2.90. The Morgan fingerprint density at radius 1 is 1.35 bits per heavy atom. The Morgan fingerprint density at radius 3 is 3.00 bits per heavy atom. The summed E-state index contributed by atoms with van der Waals surface area (Å²) < 4.78 is 5.36. The molecule has 0 saturated carbocycles. The van der Waals surface area contributed by atoms with Crippen LogP contribution in [-0.2, 0) is 13.0 Å². The van der Waals surface area contributed by atoms with Gasteiger partial charge in [-0.1, -0.05) is 35.5 Å². The molecule has 1 fully saturated rings. The monoisotopic (exact) mass is 272 g/mol. The first-order valence-electron chi connectivity index (χ1n) is 7.11. The maximum absolute atomic E-state index is 5.36. The molecule has 1 saturated heterocycles. The molecule has 0 amide bonds. The van der Waals surface area contributed by atoms with E-state index in [9.17, 15) is 0 Å². The molecule has 1 unspecified atom stereocenters. The van der Waals surface area contributed by atoms with Crippen molar-refractivity contribution in [2.24, 2.45) is 0 Å². The molecule has 1 N–H and O–H groups in total. The largest absolute Gasteiger partial charge is 0.338 e. The van der Waals surface area contributed by atoms with Crippen LogP contribution in [0.3, 0.4) is 0 Å². The van der Waals surface area contributed by atoms with Crippen LogP contribution in [0.2, 0.25) is 0 Å². The van der Waals surface area contributed by atoms with E-state index in [1.165, 1.54) is 5.56 Å². The highest BCUT2D eigenvalue weighted by Crippen LogP contribution is 2.10. The molecule has 0 aliphatic carbocycles. The third kappa shape index (κ3) is 3.23. The molecule has 106 valence electrons. The van der Waals surface area contributed by atoms with Gasteiger partial charge < -0.3 is 9.84 Å². The molecular formula is C15H20N4O. The number of benzene rings is 1. The van der Waals surface area contributed by atoms with E-state index in [1.54, 1.807) is 0 Å². The summed E-state index contributed by atoms with van der Waals surface area (Å²) in [6.07, 6.45) is 0.724. The smallest absolute Gasteiger partial charge is 0.240 e. The van der Waals surface area contributed by atoms with Gasteiger partial charge in [-0.05, 0) is 12.5 Å². The predicted molar refractivity (Wildman–Crippen MR) is 76.3 cm³/mol. The van der Waals surface area contributed by atoms with Gasteiger partial charge in [0.2, 0.25) is 5.89 Å². The summed E-state index contributed by atoms with van der Waals surface area (Å²) in [6, 6.07) is 10.7. The normalized spacial score (nSPS) is 20.1. The number of rotatable bonds is 4. The number of hydrogen-bond acceptors (Lipinski definition) is 5. The Labute approximate surface area is 119 Å². The van der Waals surface area contributed by atoms with Crippen molar-refractivity contribution in [3.05, 3.63) is 47.6 Å². The summed E-state index contributed by atoms with van der Waals surface area (Å²) in [5, 5.41) is 7.45. The zero-order valence-corrected chi connectivity index (χ0v) is 11.7. The lowest BCUT2D eigenvalue weighted by Gasteiger charge is -2.32. The van der Waals surface area contributed by atoms with Gasteiger partial charge in [-0.2, -0.15) is 4.98 Å². The van der Waals surface area contributed by atoms with Crippen LogP contribution < -0.4 is 5.32 Å². The van der Waals surface area contributed by atoms with Crippen molar-refractivity contribution >= 4 is 0 Å². The molecule has 1 aromatic heterocycles. The summed E-state index contributed by atoms with van der Waals surface area (Å²) in [4.78, 5) is 6.87. The zero-order chi connectivity index (χ0) is 13.8. The van der Waals surface area contributed by atoms with Gasteiger partial charge in [0.15, 0.2) is 5.82 Å². The molecule has 1 atom stereocenters. The van der Waals surface area contributed by atoms with Gasteiger partial charge in [-0.3, -0.25) is 4.90 Å². The van der Waals surface area contributed by atoms with E-state index in [-0.39, 0.29) is 0 Å². The predicted octanol–water partition coefficient (Wildman–Crippen LogP) is 1.45. The molecule has 0 bridgehead atoms. The SMILES string of the molecule is CC1CNCCN1Cc1nc(Cc2ccccc2)no1. The number of hydrogen-bond donors (Lipinski definition) is 1. The Bertz CT molecular complexity index is 540. The van der Waals surface area contributed by atoms with E-state index >= 15 is 0 Å². The molecule has 0 spiro atoms. The Hall–Kier alpha value is -1.72. The Morgan fingerprint density at radius 2 is 2.20 bits per heavy atom. The lowest BCUT2D eigenvalue weighted by atomic mass is 10.1. The molecule has 3 rings (SSSR count). The summed E-state index contributed by atoms with van der Waals surface area (Å²) >= 11 is 0. The van der Waals surface area contributed by atoms with Gasteiger partial charge in [0.05, 0.1) is 6.54 Å². The maximum atomic E-state index is 5.36. The van der Waals surface area contributed by atoms with Crippen molar-refractivity contribution in [1.29, 1.82) is 0 Å². The Kier molecular flexibility index (Phi) is 4.08. The van der Waals surface area contributed by atoms with Crippen LogP contribution in [0.5, 0.6) is 0 Å². The third-order valence-corrected chi connectivity index (χ3v) is 3.69. The first kappa shape index (κ1) is 13.3. The molecule has 1 aliphatic heterocycles. The lowest BCUT2D eigenvalue weighted by Crippen LogP contribution is -2.49. The highest BCUT2D eigenvalue weighted by molar-refractivity contribution is 5.18. The van der Waals surface area contributed by atoms with Crippen LogP contribution in [0.1, 0.15) is 24.2 Å². The van der Waals surface area contributed by atoms with Gasteiger partial charge in [-0.25, -0.2) is 0 Å². The van der Waals surface area contributed by atoms with Crippen LogP contribution >= 0.6 is 0 Å². The number of piperazine rings is 1. The van der Waals surface area contributed by atoms with Crippen molar-refractivity contribution in [2.45, 2.75) is 25.9 Å². The van der Waals surface area contributed by atoms with Crippen LogP contribution in [0.4, 0.5) is 0 Å². The lowest BCUT2D eigenvalue weighted by molar-refractivity contribution is 0.146. The third-order valence-electron chi connectivity index (χ3n) is 3.69. The van der Waals surface area contributed by atoms with Crippen molar-refractivity contribution in [3.8, 4) is 0 Å². The quantitative estimate of drug-likeness (QED) is 0.913. The fourth-order valence-electron chi connectivity index (χ4n) is 2.50. The summed E-state index contributed by atoms with van der Waals surface area (Å²) in [7, 11) is 0. The molecular weight excluding hydrogens is 252 g/mol. The Balaban J connectivity index is 1.62. The average molecular weight is 272 g/mol. The van der Waals surface area contributed by atoms with Gasteiger partial charge in [0, 0.05) is 32.1 Å². The van der Waals surface area contributed by atoms with E-state index in [4.69, 9.17) is 4.52 Å². The number of aromatic nitrogens is 2. The first-order chi connectivity index (χ1) is 9.81. The highest BCUT2D eigenvalue weighted by Gasteiger charge is 2.20. The van der Waals surface area contributed by atoms with E-state index < -0.39 is 0 Å². The second-order valence-electron chi connectivity index (χ2n) is 5.29. The highest BCUT2D eigenvalue weighted by atomic mass is 16.5. The number of nitrogens with zero attached hydrogens (tertiary/aromatic N) is 3. The first-order valence-corrected chi connectivity index (χ1v) is 7.11. The maximum Gasteiger partial charge on any atom is 0.240 e. The minimum atomic E-state index is 0.508. The van der Waals surface area contributed by atoms with Gasteiger partial charge in [0.1, 0.15) is 0 Å². The molecule has 20 heavy (non-hydrogen) atoms. The summed E-state index contributed by atoms with van der Waals surface area (Å²) in [5.74, 6) is 1.47. The van der Waals surface area contributed by atoms with Gasteiger partial charge in [0.25, 0.3) is 0 Å². The molecule has 1 aliphatic rings. The van der Waals surface area contributed by atoms with Gasteiger partial charge in [-0.15, -0.1) is 0 Å². The van der Waals surface area contributed by atoms with E-state index in [0.717, 1.165) is 38.4 Å². The van der Waals surface area contributed by atoms with Crippen molar-refractivity contribution in [3.63, 3.8) is 0 Å². The number of nitrogens with one attached hydrogen (secondary N) is 1. The van der Waals surface area contributed by atoms with E-state index in [0.29, 0.717) is 11.9 Å². The van der Waals surface area contributed by atoms with Crippen LogP contribution in [0.25, 0.3) is 0 Å². The molecule has 5 nitrogen and oxygen atoms in total. The second-order valence-corrected chi connectivity index (χ2v) is 5.29. The fraction of sp³-hybridized carbons (Fsp3) is 0.467. The summed E-state index contributed by atoms with van der Waals surface area (Å²) in [6.45, 7) is 6.02. The molecule has 2 aromatic rings.